The summed E-state index contributed by atoms with van der Waals surface area (Å²) in [6.45, 7) is 1.92. The van der Waals surface area contributed by atoms with Crippen LogP contribution in [0, 0.1) is 5.92 Å². The third kappa shape index (κ3) is 3.10. The van der Waals surface area contributed by atoms with Crippen LogP contribution in [-0.2, 0) is 11.2 Å². The number of aromatic amines is 1. The first-order valence-corrected chi connectivity index (χ1v) is 8.19. The number of hydrogen-bond acceptors (Lipinski definition) is 5. The van der Waals surface area contributed by atoms with Crippen molar-refractivity contribution in [2.24, 2.45) is 5.92 Å². The zero-order valence-corrected chi connectivity index (χ0v) is 13.7. The SMILES string of the molecule is CCc1cc(=O)[nH]c(-n2nc(-c3ccco3)cc2NC(=O)C2CC2)n1. The topological polar surface area (TPSA) is 106 Å². The van der Waals surface area contributed by atoms with E-state index < -0.39 is 0 Å². The van der Waals surface area contributed by atoms with E-state index in [-0.39, 0.29) is 23.3 Å². The summed E-state index contributed by atoms with van der Waals surface area (Å²) in [7, 11) is 0. The number of rotatable bonds is 5. The van der Waals surface area contributed by atoms with E-state index in [2.05, 4.69) is 20.4 Å². The number of hydrogen-bond donors (Lipinski definition) is 2. The molecule has 3 aromatic rings. The molecule has 1 saturated carbocycles. The summed E-state index contributed by atoms with van der Waals surface area (Å²) in [5.74, 6) is 1.26. The molecule has 1 aliphatic rings. The summed E-state index contributed by atoms with van der Waals surface area (Å²) in [4.78, 5) is 31.1. The molecule has 1 fully saturated rings. The highest BCUT2D eigenvalue weighted by molar-refractivity contribution is 5.93. The molecule has 128 valence electrons. The average molecular weight is 339 g/mol. The minimum absolute atomic E-state index is 0.0457. The van der Waals surface area contributed by atoms with Gasteiger partial charge in [-0.3, -0.25) is 14.6 Å². The van der Waals surface area contributed by atoms with E-state index in [1.54, 1.807) is 24.5 Å². The molecule has 8 nitrogen and oxygen atoms in total. The Morgan fingerprint density at radius 1 is 1.44 bits per heavy atom. The van der Waals surface area contributed by atoms with Crippen LogP contribution >= 0.6 is 0 Å². The summed E-state index contributed by atoms with van der Waals surface area (Å²) in [5, 5.41) is 7.32. The van der Waals surface area contributed by atoms with E-state index in [4.69, 9.17) is 4.42 Å². The number of aromatic nitrogens is 4. The van der Waals surface area contributed by atoms with Crippen LogP contribution in [0.25, 0.3) is 17.4 Å². The Labute approximate surface area is 142 Å². The first kappa shape index (κ1) is 15.4. The third-order valence-corrected chi connectivity index (χ3v) is 4.03. The molecule has 1 amide bonds. The summed E-state index contributed by atoms with van der Waals surface area (Å²) >= 11 is 0. The molecule has 0 radical (unpaired) electrons. The van der Waals surface area contributed by atoms with Crippen molar-refractivity contribution in [2.45, 2.75) is 26.2 Å². The number of H-pyrrole nitrogens is 1. The predicted octanol–water partition coefficient (Wildman–Crippen LogP) is 2.13. The maximum atomic E-state index is 12.2. The van der Waals surface area contributed by atoms with Crippen molar-refractivity contribution in [1.29, 1.82) is 0 Å². The van der Waals surface area contributed by atoms with Gasteiger partial charge in [0.2, 0.25) is 11.9 Å². The number of amides is 1. The normalized spacial score (nSPS) is 13.8. The molecule has 0 spiro atoms. The Morgan fingerprint density at radius 3 is 2.96 bits per heavy atom. The van der Waals surface area contributed by atoms with Gasteiger partial charge < -0.3 is 9.73 Å². The lowest BCUT2D eigenvalue weighted by molar-refractivity contribution is -0.117. The molecular formula is C17H17N5O3. The second-order valence-electron chi connectivity index (χ2n) is 5.98. The van der Waals surface area contributed by atoms with E-state index in [0.717, 1.165) is 12.8 Å². The highest BCUT2D eigenvalue weighted by Gasteiger charge is 2.30. The average Bonchev–Trinajstić information content (AvgIpc) is 3.15. The van der Waals surface area contributed by atoms with Crippen LogP contribution in [0.5, 0.6) is 0 Å². The van der Waals surface area contributed by atoms with Gasteiger partial charge in [-0.05, 0) is 31.4 Å². The third-order valence-electron chi connectivity index (χ3n) is 4.03. The molecule has 2 N–H and O–H groups in total. The number of nitrogens with zero attached hydrogens (tertiary/aromatic N) is 3. The first-order chi connectivity index (χ1) is 12.1. The predicted molar refractivity (Wildman–Crippen MR) is 90.4 cm³/mol. The van der Waals surface area contributed by atoms with E-state index in [0.29, 0.717) is 29.4 Å². The van der Waals surface area contributed by atoms with Gasteiger partial charge in [0.15, 0.2) is 5.76 Å². The van der Waals surface area contributed by atoms with Crippen LogP contribution in [0.4, 0.5) is 5.82 Å². The minimum Gasteiger partial charge on any atom is -0.463 e. The molecule has 25 heavy (non-hydrogen) atoms. The number of carbonyl (C=O) groups excluding carboxylic acids is 1. The Bertz CT molecular complexity index is 967. The van der Waals surface area contributed by atoms with Crippen molar-refractivity contribution in [1.82, 2.24) is 19.7 Å². The van der Waals surface area contributed by atoms with Crippen LogP contribution in [0.2, 0.25) is 0 Å². The van der Waals surface area contributed by atoms with Gasteiger partial charge in [-0.25, -0.2) is 4.98 Å². The molecule has 8 heteroatoms. The summed E-state index contributed by atoms with van der Waals surface area (Å²) in [5.41, 5.74) is 0.922. The van der Waals surface area contributed by atoms with Gasteiger partial charge in [-0.15, -0.1) is 0 Å². The maximum Gasteiger partial charge on any atom is 0.252 e. The van der Waals surface area contributed by atoms with Gasteiger partial charge in [0.1, 0.15) is 11.5 Å². The Hall–Kier alpha value is -3.16. The van der Waals surface area contributed by atoms with E-state index in [9.17, 15) is 9.59 Å². The van der Waals surface area contributed by atoms with Crippen LogP contribution in [-0.4, -0.2) is 25.7 Å². The Morgan fingerprint density at radius 2 is 2.28 bits per heavy atom. The number of anilines is 1. The van der Waals surface area contributed by atoms with Crippen molar-refractivity contribution >= 4 is 11.7 Å². The van der Waals surface area contributed by atoms with Gasteiger partial charge in [-0.1, -0.05) is 6.92 Å². The van der Waals surface area contributed by atoms with Crippen LogP contribution < -0.4 is 10.9 Å². The molecule has 4 rings (SSSR count). The molecule has 0 unspecified atom stereocenters. The summed E-state index contributed by atoms with van der Waals surface area (Å²) in [6.07, 6.45) is 3.96. The molecular weight excluding hydrogens is 322 g/mol. The molecule has 0 atom stereocenters. The fourth-order valence-corrected chi connectivity index (χ4v) is 2.53. The zero-order chi connectivity index (χ0) is 17.4. The number of furan rings is 1. The lowest BCUT2D eigenvalue weighted by atomic mass is 10.3. The highest BCUT2D eigenvalue weighted by atomic mass is 16.3. The fourth-order valence-electron chi connectivity index (χ4n) is 2.53. The number of carbonyl (C=O) groups is 1. The molecule has 0 aliphatic heterocycles. The molecule has 3 aromatic heterocycles. The Kier molecular flexibility index (Phi) is 3.72. The van der Waals surface area contributed by atoms with Crippen LogP contribution in [0.15, 0.2) is 39.7 Å². The van der Waals surface area contributed by atoms with Gasteiger partial charge in [0.25, 0.3) is 5.56 Å². The summed E-state index contributed by atoms with van der Waals surface area (Å²) < 4.78 is 6.81. The van der Waals surface area contributed by atoms with Gasteiger partial charge in [0, 0.05) is 23.7 Å². The molecule has 0 bridgehead atoms. The number of nitrogens with one attached hydrogen (secondary N) is 2. The van der Waals surface area contributed by atoms with Gasteiger partial charge in [0.05, 0.1) is 6.26 Å². The van der Waals surface area contributed by atoms with Gasteiger partial charge in [-0.2, -0.15) is 9.78 Å². The quantitative estimate of drug-likeness (QED) is 0.741. The smallest absolute Gasteiger partial charge is 0.252 e. The molecule has 1 aliphatic carbocycles. The second kappa shape index (κ2) is 6.04. The fraction of sp³-hybridized carbons (Fsp3) is 0.294. The van der Waals surface area contributed by atoms with Crippen molar-refractivity contribution in [3.05, 3.63) is 46.6 Å². The highest BCUT2D eigenvalue weighted by Crippen LogP contribution is 2.31. The van der Waals surface area contributed by atoms with Crippen molar-refractivity contribution in [2.75, 3.05) is 5.32 Å². The maximum absolute atomic E-state index is 12.2. The first-order valence-electron chi connectivity index (χ1n) is 8.19. The summed E-state index contributed by atoms with van der Waals surface area (Å²) in [6, 6.07) is 6.69. The molecule has 0 aromatic carbocycles. The zero-order valence-electron chi connectivity index (χ0n) is 13.7. The van der Waals surface area contributed by atoms with E-state index >= 15 is 0 Å². The van der Waals surface area contributed by atoms with Crippen molar-refractivity contribution < 1.29 is 9.21 Å². The minimum atomic E-state index is -0.267. The van der Waals surface area contributed by atoms with E-state index in [1.807, 2.05) is 6.92 Å². The largest absolute Gasteiger partial charge is 0.463 e. The monoisotopic (exact) mass is 339 g/mol. The van der Waals surface area contributed by atoms with Crippen molar-refractivity contribution in [3.8, 4) is 17.4 Å². The Balaban J connectivity index is 1.80. The molecule has 0 saturated heterocycles. The van der Waals surface area contributed by atoms with Gasteiger partial charge >= 0.3 is 0 Å². The number of aryl methyl sites for hydroxylation is 1. The second-order valence-corrected chi connectivity index (χ2v) is 5.98. The van der Waals surface area contributed by atoms with Crippen LogP contribution in [0.1, 0.15) is 25.5 Å². The standard InChI is InChI=1S/C17H17N5O3/c1-2-11-8-15(23)20-17(18-11)22-14(19-16(24)10-5-6-10)9-12(21-22)13-4-3-7-25-13/h3-4,7-10H,2,5-6H2,1H3,(H,19,24)(H,18,20,23). The lowest BCUT2D eigenvalue weighted by Crippen LogP contribution is -2.19. The molecule has 3 heterocycles. The lowest BCUT2D eigenvalue weighted by Gasteiger charge is -2.08. The van der Waals surface area contributed by atoms with E-state index in [1.165, 1.54) is 10.7 Å². The van der Waals surface area contributed by atoms with Crippen molar-refractivity contribution in [3.63, 3.8) is 0 Å². The van der Waals surface area contributed by atoms with Crippen LogP contribution in [0.3, 0.4) is 0 Å².